The van der Waals surface area contributed by atoms with Gasteiger partial charge in [-0.2, -0.15) is 8.42 Å². The van der Waals surface area contributed by atoms with Crippen LogP contribution in [0.15, 0.2) is 33.6 Å². The Hall–Kier alpha value is -1.93. The number of benzene rings is 1. The standard InChI is InChI=1S/C18H24N4O3S/c1-21(18-15-4-2-3-5-16(15)26(24,25)20-18)12-17(23)22-8-6-13-10-19-11-14(13)7-9-22/h2-5,13-14,19H,6-12H2,1H3/t13-,14+. The number of nitrogens with one attached hydrogen (secondary N) is 1. The molecule has 2 fully saturated rings. The average Bonchev–Trinajstić information content (AvgIpc) is 3.11. The van der Waals surface area contributed by atoms with E-state index in [1.165, 1.54) is 0 Å². The number of carbonyl (C=O) groups is 1. The molecule has 0 aromatic heterocycles. The molecule has 1 amide bonds. The molecule has 1 aromatic carbocycles. The molecular formula is C18H24N4O3S. The molecule has 140 valence electrons. The van der Waals surface area contributed by atoms with Gasteiger partial charge in [0.15, 0.2) is 5.84 Å². The summed E-state index contributed by atoms with van der Waals surface area (Å²) in [7, 11) is -1.94. The SMILES string of the molecule is CN(CC(=O)N1CC[C@@H]2CNC[C@@H]2CC1)C1=NS(=O)(=O)c2ccccc21. The number of hydrogen-bond donors (Lipinski definition) is 1. The summed E-state index contributed by atoms with van der Waals surface area (Å²) in [6, 6.07) is 6.76. The van der Waals surface area contributed by atoms with Crippen molar-refractivity contribution in [2.24, 2.45) is 16.2 Å². The van der Waals surface area contributed by atoms with Crippen LogP contribution in [0.2, 0.25) is 0 Å². The highest BCUT2D eigenvalue weighted by Gasteiger charge is 2.33. The van der Waals surface area contributed by atoms with E-state index in [1.807, 2.05) is 4.90 Å². The fourth-order valence-corrected chi connectivity index (χ4v) is 5.46. The lowest BCUT2D eigenvalue weighted by molar-refractivity contribution is -0.131. The van der Waals surface area contributed by atoms with Crippen LogP contribution in [0.25, 0.3) is 0 Å². The van der Waals surface area contributed by atoms with Crippen molar-refractivity contribution in [2.45, 2.75) is 17.7 Å². The number of likely N-dealkylation sites (tertiary alicyclic amines) is 1. The molecule has 0 radical (unpaired) electrons. The van der Waals surface area contributed by atoms with Crippen molar-refractivity contribution >= 4 is 21.8 Å². The second kappa shape index (κ2) is 6.66. The minimum absolute atomic E-state index is 0.0323. The van der Waals surface area contributed by atoms with Gasteiger partial charge in [0.2, 0.25) is 5.91 Å². The van der Waals surface area contributed by atoms with Crippen LogP contribution in [0.1, 0.15) is 18.4 Å². The highest BCUT2D eigenvalue weighted by atomic mass is 32.2. The number of likely N-dealkylation sites (N-methyl/N-ethyl adjacent to an activating group) is 1. The highest BCUT2D eigenvalue weighted by molar-refractivity contribution is 7.90. The zero-order valence-corrected chi connectivity index (χ0v) is 15.7. The van der Waals surface area contributed by atoms with Gasteiger partial charge in [0.05, 0.1) is 6.54 Å². The van der Waals surface area contributed by atoms with Gasteiger partial charge in [0, 0.05) is 25.7 Å². The maximum atomic E-state index is 12.8. The van der Waals surface area contributed by atoms with Crippen LogP contribution in [0, 0.1) is 11.8 Å². The summed E-state index contributed by atoms with van der Waals surface area (Å²) in [6.07, 6.45) is 2.07. The van der Waals surface area contributed by atoms with Crippen molar-refractivity contribution in [3.8, 4) is 0 Å². The molecule has 0 saturated carbocycles. The Labute approximate surface area is 154 Å². The van der Waals surface area contributed by atoms with Crippen LogP contribution >= 0.6 is 0 Å². The van der Waals surface area contributed by atoms with Crippen molar-refractivity contribution in [1.82, 2.24) is 15.1 Å². The van der Waals surface area contributed by atoms with Gasteiger partial charge in [-0.3, -0.25) is 4.79 Å². The zero-order chi connectivity index (χ0) is 18.3. The molecule has 1 aromatic rings. The van der Waals surface area contributed by atoms with Gasteiger partial charge in [-0.1, -0.05) is 12.1 Å². The predicted octanol–water partition coefficient (Wildman–Crippen LogP) is 0.525. The molecule has 26 heavy (non-hydrogen) atoms. The Morgan fingerprint density at radius 3 is 2.58 bits per heavy atom. The Bertz CT molecular complexity index is 838. The van der Waals surface area contributed by atoms with Crippen LogP contribution < -0.4 is 5.32 Å². The lowest BCUT2D eigenvalue weighted by Crippen LogP contribution is -2.41. The molecule has 8 heteroatoms. The number of hydrogen-bond acceptors (Lipinski definition) is 5. The van der Waals surface area contributed by atoms with Crippen LogP contribution in [0.5, 0.6) is 0 Å². The van der Waals surface area contributed by atoms with E-state index >= 15 is 0 Å². The number of amides is 1. The Morgan fingerprint density at radius 2 is 1.88 bits per heavy atom. The Balaban J connectivity index is 1.45. The molecule has 1 N–H and O–H groups in total. The van der Waals surface area contributed by atoms with Gasteiger partial charge >= 0.3 is 0 Å². The molecule has 7 nitrogen and oxygen atoms in total. The Morgan fingerprint density at radius 1 is 1.23 bits per heavy atom. The third-order valence-electron chi connectivity index (χ3n) is 5.72. The molecule has 4 rings (SSSR count). The number of fused-ring (bicyclic) bond motifs is 2. The van der Waals surface area contributed by atoms with Crippen LogP contribution in [0.4, 0.5) is 0 Å². The van der Waals surface area contributed by atoms with Gasteiger partial charge in [0.25, 0.3) is 10.0 Å². The summed E-state index contributed by atoms with van der Waals surface area (Å²) < 4.78 is 28.3. The van der Waals surface area contributed by atoms with Crippen molar-refractivity contribution < 1.29 is 13.2 Å². The first-order valence-electron chi connectivity index (χ1n) is 9.10. The van der Waals surface area contributed by atoms with Crippen LogP contribution in [-0.4, -0.2) is 69.7 Å². The highest BCUT2D eigenvalue weighted by Crippen LogP contribution is 2.28. The predicted molar refractivity (Wildman–Crippen MR) is 98.5 cm³/mol. The summed E-state index contributed by atoms with van der Waals surface area (Å²) in [5, 5.41) is 3.44. The summed E-state index contributed by atoms with van der Waals surface area (Å²) in [4.78, 5) is 16.6. The molecule has 0 aliphatic carbocycles. The van der Waals surface area contributed by atoms with Crippen molar-refractivity contribution in [3.63, 3.8) is 0 Å². The first kappa shape index (κ1) is 17.5. The van der Waals surface area contributed by atoms with Crippen molar-refractivity contribution in [1.29, 1.82) is 0 Å². The molecule has 2 saturated heterocycles. The summed E-state index contributed by atoms with van der Waals surface area (Å²) in [5.74, 6) is 1.72. The number of rotatable bonds is 2. The maximum Gasteiger partial charge on any atom is 0.285 e. The normalized spacial score (nSPS) is 26.7. The van der Waals surface area contributed by atoms with E-state index in [2.05, 4.69) is 9.71 Å². The first-order chi connectivity index (χ1) is 12.5. The molecule has 3 aliphatic rings. The minimum Gasteiger partial charge on any atom is -0.349 e. The average molecular weight is 376 g/mol. The molecule has 3 heterocycles. The third kappa shape index (κ3) is 3.12. The second-order valence-corrected chi connectivity index (χ2v) is 8.95. The zero-order valence-electron chi connectivity index (χ0n) is 14.9. The quantitative estimate of drug-likeness (QED) is 0.814. The fourth-order valence-electron chi connectivity index (χ4n) is 4.21. The maximum absolute atomic E-state index is 12.8. The van der Waals surface area contributed by atoms with Crippen molar-refractivity contribution in [2.75, 3.05) is 39.8 Å². The largest absolute Gasteiger partial charge is 0.349 e. The van der Waals surface area contributed by atoms with E-state index in [1.54, 1.807) is 36.2 Å². The number of nitrogens with zero attached hydrogens (tertiary/aromatic N) is 3. The molecule has 0 unspecified atom stereocenters. The van der Waals surface area contributed by atoms with E-state index in [0.717, 1.165) is 39.0 Å². The molecule has 3 aliphatic heterocycles. The lowest BCUT2D eigenvalue weighted by atomic mass is 9.92. The monoisotopic (exact) mass is 376 g/mol. The van der Waals surface area contributed by atoms with Gasteiger partial charge in [-0.15, -0.1) is 4.40 Å². The second-order valence-electron chi connectivity index (χ2n) is 7.38. The first-order valence-corrected chi connectivity index (χ1v) is 10.5. The molecule has 0 spiro atoms. The molecular weight excluding hydrogens is 352 g/mol. The van der Waals surface area contributed by atoms with E-state index < -0.39 is 10.0 Å². The lowest BCUT2D eigenvalue weighted by Gasteiger charge is -2.25. The van der Waals surface area contributed by atoms with E-state index in [9.17, 15) is 13.2 Å². The fraction of sp³-hybridized carbons (Fsp3) is 0.556. The van der Waals surface area contributed by atoms with Gasteiger partial charge in [0.1, 0.15) is 4.90 Å². The third-order valence-corrected chi connectivity index (χ3v) is 7.04. The van der Waals surface area contributed by atoms with Gasteiger partial charge in [-0.25, -0.2) is 0 Å². The summed E-state index contributed by atoms with van der Waals surface area (Å²) in [5.41, 5.74) is 0.569. The van der Waals surface area contributed by atoms with Gasteiger partial charge in [-0.05, 0) is 49.9 Å². The van der Waals surface area contributed by atoms with Gasteiger partial charge < -0.3 is 15.1 Å². The van der Waals surface area contributed by atoms with E-state index in [-0.39, 0.29) is 17.3 Å². The topological polar surface area (TPSA) is 82.1 Å². The summed E-state index contributed by atoms with van der Waals surface area (Å²) in [6.45, 7) is 3.79. The minimum atomic E-state index is -3.66. The van der Waals surface area contributed by atoms with E-state index in [0.29, 0.717) is 23.2 Å². The molecule has 2 atom stereocenters. The number of sulfonamides is 1. The van der Waals surface area contributed by atoms with Crippen LogP contribution in [-0.2, 0) is 14.8 Å². The number of carbonyl (C=O) groups excluding carboxylic acids is 1. The Kier molecular flexibility index (Phi) is 4.48. The van der Waals surface area contributed by atoms with E-state index in [4.69, 9.17) is 0 Å². The van der Waals surface area contributed by atoms with Crippen LogP contribution in [0.3, 0.4) is 0 Å². The smallest absolute Gasteiger partial charge is 0.285 e. The van der Waals surface area contributed by atoms with Crippen molar-refractivity contribution in [3.05, 3.63) is 29.8 Å². The number of amidine groups is 1. The summed E-state index contributed by atoms with van der Waals surface area (Å²) >= 11 is 0. The molecule has 0 bridgehead atoms.